The third-order valence-corrected chi connectivity index (χ3v) is 3.66. The summed E-state index contributed by atoms with van der Waals surface area (Å²) in [7, 11) is 0. The number of nitrogens with one attached hydrogen (secondary N) is 2. The van der Waals surface area contributed by atoms with E-state index in [-0.39, 0.29) is 12.8 Å². The molecule has 0 aromatic heterocycles. The molecule has 2 N–H and O–H groups in total. The molecular formula is C16H18N2O5. The lowest BCUT2D eigenvalue weighted by atomic mass is 9.95. The van der Waals surface area contributed by atoms with Crippen molar-refractivity contribution in [2.45, 2.75) is 26.3 Å². The van der Waals surface area contributed by atoms with Crippen LogP contribution in [0.5, 0.6) is 11.5 Å². The van der Waals surface area contributed by atoms with E-state index < -0.39 is 12.0 Å². The topological polar surface area (TPSA) is 85.9 Å². The minimum absolute atomic E-state index is 0.164. The molecule has 1 aromatic carbocycles. The molecule has 2 aliphatic rings. The van der Waals surface area contributed by atoms with Gasteiger partial charge in [-0.05, 0) is 31.0 Å². The quantitative estimate of drug-likeness (QED) is 0.829. The first-order valence-electron chi connectivity index (χ1n) is 7.45. The van der Waals surface area contributed by atoms with E-state index in [1.807, 2.05) is 6.92 Å². The van der Waals surface area contributed by atoms with Crippen LogP contribution in [0, 0.1) is 0 Å². The van der Waals surface area contributed by atoms with Crippen LogP contribution in [0.15, 0.2) is 29.5 Å². The summed E-state index contributed by atoms with van der Waals surface area (Å²) in [5.41, 5.74) is 1.60. The fourth-order valence-corrected chi connectivity index (χ4v) is 2.58. The van der Waals surface area contributed by atoms with Crippen LogP contribution in [0.4, 0.5) is 4.79 Å². The molecule has 122 valence electrons. The Kier molecular flexibility index (Phi) is 4.10. The van der Waals surface area contributed by atoms with Gasteiger partial charge in [-0.1, -0.05) is 13.0 Å². The molecule has 0 saturated carbocycles. The Labute approximate surface area is 133 Å². The van der Waals surface area contributed by atoms with Crippen molar-refractivity contribution in [1.82, 2.24) is 10.6 Å². The number of allylic oxidation sites excluding steroid dienone is 1. The minimum atomic E-state index is -0.595. The number of benzene rings is 1. The number of esters is 1. The third-order valence-electron chi connectivity index (χ3n) is 3.66. The number of rotatable bonds is 4. The molecule has 23 heavy (non-hydrogen) atoms. The first-order valence-corrected chi connectivity index (χ1v) is 7.45. The number of urea groups is 1. The highest BCUT2D eigenvalue weighted by Crippen LogP contribution is 2.36. The molecule has 0 spiro atoms. The molecule has 1 aromatic rings. The number of hydrogen-bond donors (Lipinski definition) is 2. The maximum atomic E-state index is 12.4. The van der Waals surface area contributed by atoms with Crippen molar-refractivity contribution in [3.05, 3.63) is 35.0 Å². The number of carbonyl (C=O) groups is 2. The maximum Gasteiger partial charge on any atom is 0.338 e. The second-order valence-electron chi connectivity index (χ2n) is 5.32. The molecule has 3 rings (SSSR count). The van der Waals surface area contributed by atoms with E-state index in [9.17, 15) is 9.59 Å². The summed E-state index contributed by atoms with van der Waals surface area (Å²) in [5.74, 6) is 0.790. The van der Waals surface area contributed by atoms with Gasteiger partial charge in [0.2, 0.25) is 6.79 Å². The summed E-state index contributed by atoms with van der Waals surface area (Å²) in [5, 5.41) is 5.37. The maximum absolute atomic E-state index is 12.4. The smallest absolute Gasteiger partial charge is 0.338 e. The van der Waals surface area contributed by atoms with Crippen LogP contribution in [-0.2, 0) is 9.53 Å². The first-order chi connectivity index (χ1) is 11.1. The van der Waals surface area contributed by atoms with E-state index in [1.54, 1.807) is 25.1 Å². The predicted octanol–water partition coefficient (Wildman–Crippen LogP) is 2.00. The minimum Gasteiger partial charge on any atom is -0.462 e. The van der Waals surface area contributed by atoms with E-state index in [0.29, 0.717) is 29.4 Å². The average Bonchev–Trinajstić information content (AvgIpc) is 2.99. The molecule has 1 atom stereocenters. The number of fused-ring (bicyclic) bond motifs is 1. The molecule has 0 saturated heterocycles. The van der Waals surface area contributed by atoms with E-state index in [4.69, 9.17) is 14.2 Å². The lowest BCUT2D eigenvalue weighted by molar-refractivity contribution is -0.139. The molecule has 0 unspecified atom stereocenters. The summed E-state index contributed by atoms with van der Waals surface area (Å²) in [6, 6.07) is 4.36. The molecule has 7 nitrogen and oxygen atoms in total. The van der Waals surface area contributed by atoms with Crippen LogP contribution < -0.4 is 20.1 Å². The molecular weight excluding hydrogens is 300 g/mol. The van der Waals surface area contributed by atoms with Crippen molar-refractivity contribution >= 4 is 12.0 Å². The molecule has 0 aliphatic carbocycles. The summed E-state index contributed by atoms with van der Waals surface area (Å²) in [6.07, 6.45) is 0.729. The SMILES string of the molecule is CCCOC(=O)C1=C(C)NC(=O)N[C@H]1c1ccc2c(c1)OCO2. The van der Waals surface area contributed by atoms with E-state index in [1.165, 1.54) is 0 Å². The van der Waals surface area contributed by atoms with Gasteiger partial charge in [-0.2, -0.15) is 0 Å². The van der Waals surface area contributed by atoms with Crippen molar-refractivity contribution < 1.29 is 23.8 Å². The predicted molar refractivity (Wildman–Crippen MR) is 80.9 cm³/mol. The molecule has 0 bridgehead atoms. The number of carbonyl (C=O) groups excluding carboxylic acids is 2. The summed E-state index contributed by atoms with van der Waals surface area (Å²) in [4.78, 5) is 24.2. The van der Waals surface area contributed by atoms with Crippen molar-refractivity contribution in [2.24, 2.45) is 0 Å². The van der Waals surface area contributed by atoms with Crippen molar-refractivity contribution in [1.29, 1.82) is 0 Å². The van der Waals surface area contributed by atoms with Gasteiger partial charge in [-0.15, -0.1) is 0 Å². The Morgan fingerprint density at radius 3 is 2.91 bits per heavy atom. The second-order valence-corrected chi connectivity index (χ2v) is 5.32. The fraction of sp³-hybridized carbons (Fsp3) is 0.375. The van der Waals surface area contributed by atoms with Crippen LogP contribution >= 0.6 is 0 Å². The summed E-state index contributed by atoms with van der Waals surface area (Å²) < 4.78 is 15.9. The number of amides is 2. The Morgan fingerprint density at radius 1 is 1.35 bits per heavy atom. The molecule has 2 heterocycles. The summed E-state index contributed by atoms with van der Waals surface area (Å²) >= 11 is 0. The fourth-order valence-electron chi connectivity index (χ4n) is 2.58. The highest BCUT2D eigenvalue weighted by Gasteiger charge is 2.33. The normalized spacial score (nSPS) is 19.2. The molecule has 7 heteroatoms. The number of hydrogen-bond acceptors (Lipinski definition) is 5. The van der Waals surface area contributed by atoms with E-state index in [2.05, 4.69) is 10.6 Å². The van der Waals surface area contributed by atoms with Gasteiger partial charge in [0.05, 0.1) is 18.2 Å². The van der Waals surface area contributed by atoms with Crippen LogP contribution in [0.25, 0.3) is 0 Å². The largest absolute Gasteiger partial charge is 0.462 e. The van der Waals surface area contributed by atoms with Crippen molar-refractivity contribution in [3.8, 4) is 11.5 Å². The lowest BCUT2D eigenvalue weighted by Crippen LogP contribution is -2.45. The zero-order chi connectivity index (χ0) is 16.4. The van der Waals surface area contributed by atoms with Gasteiger partial charge in [0, 0.05) is 5.70 Å². The zero-order valence-corrected chi connectivity index (χ0v) is 13.0. The van der Waals surface area contributed by atoms with Crippen LogP contribution in [-0.4, -0.2) is 25.4 Å². The summed E-state index contributed by atoms with van der Waals surface area (Å²) in [6.45, 7) is 4.10. The Morgan fingerprint density at radius 2 is 2.13 bits per heavy atom. The van der Waals surface area contributed by atoms with Crippen LogP contribution in [0.2, 0.25) is 0 Å². The molecule has 0 fully saturated rings. The molecule has 2 amide bonds. The van der Waals surface area contributed by atoms with E-state index >= 15 is 0 Å². The highest BCUT2D eigenvalue weighted by atomic mass is 16.7. The van der Waals surface area contributed by atoms with Gasteiger partial charge in [-0.3, -0.25) is 0 Å². The monoisotopic (exact) mass is 318 g/mol. The lowest BCUT2D eigenvalue weighted by Gasteiger charge is -2.28. The Hall–Kier alpha value is -2.70. The van der Waals surface area contributed by atoms with Crippen molar-refractivity contribution in [2.75, 3.05) is 13.4 Å². The van der Waals surface area contributed by atoms with Gasteiger partial charge < -0.3 is 24.8 Å². The van der Waals surface area contributed by atoms with Crippen LogP contribution in [0.1, 0.15) is 31.9 Å². The second kappa shape index (κ2) is 6.20. The number of ether oxygens (including phenoxy) is 3. The Bertz CT molecular complexity index is 683. The van der Waals surface area contributed by atoms with Crippen LogP contribution in [0.3, 0.4) is 0 Å². The standard InChI is InChI=1S/C16H18N2O5/c1-3-6-21-15(19)13-9(2)17-16(20)18-14(13)10-4-5-11-12(7-10)23-8-22-11/h4-5,7,14H,3,6,8H2,1-2H3,(H2,17,18,20)/t14-/m0/s1. The molecule has 0 radical (unpaired) electrons. The third kappa shape index (κ3) is 2.94. The zero-order valence-electron chi connectivity index (χ0n) is 13.0. The van der Waals surface area contributed by atoms with E-state index in [0.717, 1.165) is 12.0 Å². The van der Waals surface area contributed by atoms with Gasteiger partial charge in [0.1, 0.15) is 0 Å². The van der Waals surface area contributed by atoms with Gasteiger partial charge in [0.25, 0.3) is 0 Å². The van der Waals surface area contributed by atoms with Gasteiger partial charge >= 0.3 is 12.0 Å². The highest BCUT2D eigenvalue weighted by molar-refractivity contribution is 5.95. The Balaban J connectivity index is 1.95. The first kappa shape index (κ1) is 15.2. The van der Waals surface area contributed by atoms with Gasteiger partial charge in [-0.25, -0.2) is 9.59 Å². The van der Waals surface area contributed by atoms with Gasteiger partial charge in [0.15, 0.2) is 11.5 Å². The molecule has 2 aliphatic heterocycles. The average molecular weight is 318 g/mol. The van der Waals surface area contributed by atoms with Crippen molar-refractivity contribution in [3.63, 3.8) is 0 Å².